The highest BCUT2D eigenvalue weighted by Gasteiger charge is 2.25. The number of hydrogen-bond donors (Lipinski definition) is 1. The second-order valence-electron chi connectivity index (χ2n) is 4.88. The summed E-state index contributed by atoms with van der Waals surface area (Å²) in [4.78, 5) is 20.0. The Bertz CT molecular complexity index is 965. The first-order valence-corrected chi connectivity index (χ1v) is 8.35. The average molecular weight is 330 g/mol. The minimum Gasteiger partial charge on any atom is -0.274 e. The molecule has 0 saturated carbocycles. The highest BCUT2D eigenvalue weighted by molar-refractivity contribution is 7.89. The Morgan fingerprint density at radius 2 is 1.91 bits per heavy atom. The van der Waals surface area contributed by atoms with Gasteiger partial charge in [0.15, 0.2) is 0 Å². The molecule has 0 aliphatic carbocycles. The fraction of sp³-hybridized carbons (Fsp3) is 0.133. The van der Waals surface area contributed by atoms with Crippen LogP contribution in [0.3, 0.4) is 0 Å². The minimum absolute atomic E-state index is 0.0181. The lowest BCUT2D eigenvalue weighted by molar-refractivity contribution is 0.0930. The molecule has 23 heavy (non-hydrogen) atoms. The SMILES string of the molecule is CC(=O)n1c(S(=O)(=O)NCc2ccccn2)nc2ccccc21. The van der Waals surface area contributed by atoms with E-state index in [0.29, 0.717) is 16.7 Å². The summed E-state index contributed by atoms with van der Waals surface area (Å²) in [5, 5.41) is -0.317. The van der Waals surface area contributed by atoms with E-state index >= 15 is 0 Å². The minimum atomic E-state index is -3.95. The number of hydrogen-bond acceptors (Lipinski definition) is 5. The fourth-order valence-electron chi connectivity index (χ4n) is 2.22. The number of rotatable bonds is 4. The summed E-state index contributed by atoms with van der Waals surface area (Å²) >= 11 is 0. The molecule has 2 aromatic heterocycles. The van der Waals surface area contributed by atoms with Gasteiger partial charge in [0.05, 0.1) is 23.3 Å². The number of aromatic nitrogens is 3. The number of carbonyl (C=O) groups excluding carboxylic acids is 1. The van der Waals surface area contributed by atoms with Crippen molar-refractivity contribution in [2.45, 2.75) is 18.6 Å². The maximum atomic E-state index is 12.5. The van der Waals surface area contributed by atoms with Gasteiger partial charge >= 0.3 is 0 Å². The Hall–Kier alpha value is -2.58. The van der Waals surface area contributed by atoms with Crippen molar-refractivity contribution in [2.75, 3.05) is 0 Å². The lowest BCUT2D eigenvalue weighted by Gasteiger charge is -2.07. The topological polar surface area (TPSA) is 94.0 Å². The third-order valence-corrected chi connectivity index (χ3v) is 4.53. The molecule has 3 aromatic rings. The van der Waals surface area contributed by atoms with Crippen LogP contribution in [0.5, 0.6) is 0 Å². The van der Waals surface area contributed by atoms with Gasteiger partial charge in [-0.2, -0.15) is 0 Å². The number of nitrogens with one attached hydrogen (secondary N) is 1. The number of carbonyl (C=O) groups is 1. The molecular weight excluding hydrogens is 316 g/mol. The van der Waals surface area contributed by atoms with Crippen LogP contribution < -0.4 is 4.72 Å². The largest absolute Gasteiger partial charge is 0.275 e. The quantitative estimate of drug-likeness (QED) is 0.783. The van der Waals surface area contributed by atoms with Gasteiger partial charge < -0.3 is 0 Å². The summed E-state index contributed by atoms with van der Waals surface area (Å²) in [6.07, 6.45) is 1.58. The molecule has 1 aromatic carbocycles. The first kappa shape index (κ1) is 15.3. The van der Waals surface area contributed by atoms with Crippen molar-refractivity contribution < 1.29 is 13.2 Å². The first-order valence-electron chi connectivity index (χ1n) is 6.87. The van der Waals surface area contributed by atoms with Gasteiger partial charge in [-0.15, -0.1) is 0 Å². The average Bonchev–Trinajstić information content (AvgIpc) is 2.95. The molecule has 0 aliphatic heterocycles. The van der Waals surface area contributed by atoms with E-state index in [4.69, 9.17) is 0 Å². The van der Waals surface area contributed by atoms with Crippen molar-refractivity contribution in [1.29, 1.82) is 0 Å². The molecule has 7 nitrogen and oxygen atoms in total. The van der Waals surface area contributed by atoms with Crippen molar-refractivity contribution >= 4 is 27.0 Å². The van der Waals surface area contributed by atoms with Gasteiger partial charge in [0, 0.05) is 13.1 Å². The highest BCUT2D eigenvalue weighted by Crippen LogP contribution is 2.19. The Morgan fingerprint density at radius 3 is 2.61 bits per heavy atom. The van der Waals surface area contributed by atoms with E-state index in [9.17, 15) is 13.2 Å². The number of sulfonamides is 1. The Kier molecular flexibility index (Phi) is 3.93. The highest BCUT2D eigenvalue weighted by atomic mass is 32.2. The molecule has 0 fully saturated rings. The molecule has 0 unspecified atom stereocenters. The Labute approximate surface area is 133 Å². The lowest BCUT2D eigenvalue weighted by Crippen LogP contribution is -2.28. The molecule has 3 rings (SSSR count). The van der Waals surface area contributed by atoms with Crippen LogP contribution in [0.15, 0.2) is 53.8 Å². The molecule has 0 atom stereocenters. The molecule has 8 heteroatoms. The van der Waals surface area contributed by atoms with E-state index in [0.717, 1.165) is 4.57 Å². The van der Waals surface area contributed by atoms with Gasteiger partial charge in [-0.3, -0.25) is 14.3 Å². The molecule has 0 aliphatic rings. The van der Waals surface area contributed by atoms with Gasteiger partial charge in [-0.05, 0) is 24.3 Å². The van der Waals surface area contributed by atoms with Crippen LogP contribution in [0.4, 0.5) is 0 Å². The van der Waals surface area contributed by atoms with Gasteiger partial charge in [-0.1, -0.05) is 18.2 Å². The number of pyridine rings is 1. The van der Waals surface area contributed by atoms with Crippen molar-refractivity contribution in [2.24, 2.45) is 0 Å². The van der Waals surface area contributed by atoms with Crippen LogP contribution in [0.2, 0.25) is 0 Å². The van der Waals surface area contributed by atoms with E-state index in [1.807, 2.05) is 0 Å². The molecule has 118 valence electrons. The molecular formula is C15H14N4O3S. The molecule has 0 bridgehead atoms. The second-order valence-corrected chi connectivity index (χ2v) is 6.54. The summed E-state index contributed by atoms with van der Waals surface area (Å²) in [7, 11) is -3.95. The first-order chi connectivity index (χ1) is 11.0. The van der Waals surface area contributed by atoms with Crippen molar-refractivity contribution in [1.82, 2.24) is 19.3 Å². The van der Waals surface area contributed by atoms with Crippen molar-refractivity contribution in [3.8, 4) is 0 Å². The van der Waals surface area contributed by atoms with Crippen LogP contribution in [0.25, 0.3) is 11.0 Å². The zero-order chi connectivity index (χ0) is 16.4. The summed E-state index contributed by atoms with van der Waals surface area (Å²) in [5.41, 5.74) is 1.47. The predicted molar refractivity (Wildman–Crippen MR) is 84.3 cm³/mol. The standard InChI is InChI=1S/C15H14N4O3S/c1-11(20)19-14-8-3-2-7-13(14)18-15(19)23(21,22)17-10-12-6-4-5-9-16-12/h2-9,17H,10H2,1H3. The van der Waals surface area contributed by atoms with Crippen LogP contribution in [-0.4, -0.2) is 28.9 Å². The van der Waals surface area contributed by atoms with Crippen LogP contribution in [-0.2, 0) is 16.6 Å². The summed E-state index contributed by atoms with van der Waals surface area (Å²) in [6.45, 7) is 1.32. The monoisotopic (exact) mass is 330 g/mol. The third kappa shape index (κ3) is 2.99. The Morgan fingerprint density at radius 1 is 1.17 bits per heavy atom. The van der Waals surface area contributed by atoms with Crippen LogP contribution >= 0.6 is 0 Å². The van der Waals surface area contributed by atoms with Crippen LogP contribution in [0.1, 0.15) is 17.4 Å². The molecule has 0 amide bonds. The van der Waals surface area contributed by atoms with Crippen LogP contribution in [0, 0.1) is 0 Å². The maximum absolute atomic E-state index is 12.5. The third-order valence-electron chi connectivity index (χ3n) is 3.25. The number of nitrogens with zero attached hydrogens (tertiary/aromatic N) is 3. The summed E-state index contributed by atoms with van der Waals surface area (Å²) in [6, 6.07) is 12.0. The van der Waals surface area contributed by atoms with Crippen molar-refractivity contribution in [3.05, 3.63) is 54.4 Å². The zero-order valence-corrected chi connectivity index (χ0v) is 13.1. The van der Waals surface area contributed by atoms with Crippen molar-refractivity contribution in [3.63, 3.8) is 0 Å². The second kappa shape index (κ2) is 5.90. The maximum Gasteiger partial charge on any atom is 0.275 e. The van der Waals surface area contributed by atoms with Gasteiger partial charge in [0.1, 0.15) is 0 Å². The zero-order valence-electron chi connectivity index (χ0n) is 12.3. The van der Waals surface area contributed by atoms with Gasteiger partial charge in [-0.25, -0.2) is 18.1 Å². The predicted octanol–water partition coefficient (Wildman–Crippen LogP) is 1.57. The van der Waals surface area contributed by atoms with E-state index in [1.54, 1.807) is 48.7 Å². The smallest absolute Gasteiger partial charge is 0.274 e. The fourth-order valence-corrected chi connectivity index (χ4v) is 3.38. The van der Waals surface area contributed by atoms with Gasteiger partial charge in [0.2, 0.25) is 5.91 Å². The lowest BCUT2D eigenvalue weighted by atomic mass is 10.3. The summed E-state index contributed by atoms with van der Waals surface area (Å²) in [5.74, 6) is -0.420. The molecule has 1 N–H and O–H groups in total. The molecule has 2 heterocycles. The van der Waals surface area contributed by atoms with E-state index < -0.39 is 15.9 Å². The van der Waals surface area contributed by atoms with E-state index in [1.165, 1.54) is 6.92 Å². The number of imidazole rings is 1. The number of para-hydroxylation sites is 2. The van der Waals surface area contributed by atoms with E-state index in [-0.39, 0.29) is 11.7 Å². The van der Waals surface area contributed by atoms with Gasteiger partial charge in [0.25, 0.3) is 15.2 Å². The Balaban J connectivity index is 2.01. The molecule has 0 radical (unpaired) electrons. The van der Waals surface area contributed by atoms with E-state index in [2.05, 4.69) is 14.7 Å². The summed E-state index contributed by atoms with van der Waals surface area (Å²) < 4.78 is 28.6. The normalized spacial score (nSPS) is 11.7. The molecule has 0 saturated heterocycles. The number of fused-ring (bicyclic) bond motifs is 1. The molecule has 0 spiro atoms. The number of benzene rings is 1.